The number of halogens is 3. The average molecular weight is 390 g/mol. The lowest BCUT2D eigenvalue weighted by molar-refractivity contribution is -0.115. The maximum absolute atomic E-state index is 13.7. The molecule has 3 nitrogen and oxygen atoms in total. The Morgan fingerprint density at radius 3 is 2.44 bits per heavy atom. The van der Waals surface area contributed by atoms with Gasteiger partial charge < -0.3 is 5.32 Å². The number of thiophene rings is 1. The molecule has 0 fully saturated rings. The van der Waals surface area contributed by atoms with E-state index < -0.39 is 29.0 Å². The monoisotopic (exact) mass is 390 g/mol. The molecule has 140 valence electrons. The molecular weight excluding hydrogens is 373 g/mol. The molecule has 0 saturated carbocycles. The van der Waals surface area contributed by atoms with E-state index >= 15 is 0 Å². The van der Waals surface area contributed by atoms with Gasteiger partial charge in [-0.2, -0.15) is 0 Å². The molecule has 0 radical (unpaired) electrons. The lowest BCUT2D eigenvalue weighted by Gasteiger charge is -2.18. The van der Waals surface area contributed by atoms with E-state index in [1.807, 2.05) is 48.7 Å². The summed E-state index contributed by atoms with van der Waals surface area (Å²) in [5.74, 6) is -4.90. The highest BCUT2D eigenvalue weighted by molar-refractivity contribution is 7.10. The van der Waals surface area contributed by atoms with Gasteiger partial charge in [0.15, 0.2) is 17.5 Å². The van der Waals surface area contributed by atoms with Crippen LogP contribution < -0.4 is 10.6 Å². The van der Waals surface area contributed by atoms with Crippen molar-refractivity contribution in [3.63, 3.8) is 0 Å². The van der Waals surface area contributed by atoms with E-state index in [1.165, 1.54) is 0 Å². The number of anilines is 1. The van der Waals surface area contributed by atoms with Crippen molar-refractivity contribution in [2.45, 2.75) is 13.0 Å². The molecule has 1 heterocycles. The van der Waals surface area contributed by atoms with E-state index in [4.69, 9.17) is 0 Å². The SMILES string of the molecule is Cc1ccc([C@@H](NCC(=O)Nc2ccc(F)c(F)c2F)c2cccs2)cc1. The Labute approximate surface area is 158 Å². The summed E-state index contributed by atoms with van der Waals surface area (Å²) in [7, 11) is 0. The van der Waals surface area contributed by atoms with Crippen molar-refractivity contribution in [2.24, 2.45) is 0 Å². The third-order valence-corrected chi connectivity index (χ3v) is 4.95. The van der Waals surface area contributed by atoms with Gasteiger partial charge in [-0.05, 0) is 36.1 Å². The molecule has 0 unspecified atom stereocenters. The van der Waals surface area contributed by atoms with Crippen LogP contribution in [0.5, 0.6) is 0 Å². The molecule has 1 atom stereocenters. The zero-order valence-corrected chi connectivity index (χ0v) is 15.2. The van der Waals surface area contributed by atoms with Gasteiger partial charge in [-0.1, -0.05) is 35.9 Å². The predicted octanol–water partition coefficient (Wildman–Crippen LogP) is 4.79. The van der Waals surface area contributed by atoms with Gasteiger partial charge in [0, 0.05) is 4.88 Å². The summed E-state index contributed by atoms with van der Waals surface area (Å²) < 4.78 is 40.0. The Morgan fingerprint density at radius 1 is 1.04 bits per heavy atom. The van der Waals surface area contributed by atoms with E-state index in [9.17, 15) is 18.0 Å². The Kier molecular flexibility index (Phi) is 5.93. The predicted molar refractivity (Wildman–Crippen MR) is 100 cm³/mol. The maximum atomic E-state index is 13.7. The lowest BCUT2D eigenvalue weighted by atomic mass is 10.0. The number of hydrogen-bond donors (Lipinski definition) is 2. The van der Waals surface area contributed by atoms with Crippen molar-refractivity contribution in [1.29, 1.82) is 0 Å². The van der Waals surface area contributed by atoms with Crippen LogP contribution in [0.3, 0.4) is 0 Å². The zero-order chi connectivity index (χ0) is 19.4. The van der Waals surface area contributed by atoms with Crippen LogP contribution in [0.4, 0.5) is 18.9 Å². The standard InChI is InChI=1S/C20H17F3N2OS/c1-12-4-6-13(7-5-12)20(16-3-2-10-27-16)24-11-17(26)25-15-9-8-14(21)18(22)19(15)23/h2-10,20,24H,11H2,1H3,(H,25,26)/t20-/m1/s1. The summed E-state index contributed by atoms with van der Waals surface area (Å²) in [6.07, 6.45) is 0. The number of benzene rings is 2. The second-order valence-electron chi connectivity index (χ2n) is 6.01. The minimum atomic E-state index is -1.61. The number of aryl methyl sites for hydroxylation is 1. The molecule has 3 rings (SSSR count). The number of carbonyl (C=O) groups excluding carboxylic acids is 1. The van der Waals surface area contributed by atoms with E-state index in [0.717, 1.165) is 28.1 Å². The summed E-state index contributed by atoms with van der Waals surface area (Å²) in [4.78, 5) is 13.2. The van der Waals surface area contributed by atoms with Gasteiger partial charge in [-0.15, -0.1) is 11.3 Å². The fourth-order valence-electron chi connectivity index (χ4n) is 2.61. The molecule has 2 N–H and O–H groups in total. The normalized spacial score (nSPS) is 12.0. The molecule has 0 aliphatic heterocycles. The number of nitrogens with one attached hydrogen (secondary N) is 2. The summed E-state index contributed by atoms with van der Waals surface area (Å²) >= 11 is 1.55. The van der Waals surface area contributed by atoms with Gasteiger partial charge in [0.05, 0.1) is 18.3 Å². The second-order valence-corrected chi connectivity index (χ2v) is 6.99. The fraction of sp³-hybridized carbons (Fsp3) is 0.150. The number of rotatable bonds is 6. The molecule has 7 heteroatoms. The lowest BCUT2D eigenvalue weighted by Crippen LogP contribution is -2.31. The van der Waals surface area contributed by atoms with Crippen molar-refractivity contribution >= 4 is 22.9 Å². The van der Waals surface area contributed by atoms with Gasteiger partial charge in [0.2, 0.25) is 5.91 Å². The van der Waals surface area contributed by atoms with Crippen LogP contribution in [0.15, 0.2) is 53.9 Å². The van der Waals surface area contributed by atoms with Crippen LogP contribution in [-0.4, -0.2) is 12.5 Å². The smallest absolute Gasteiger partial charge is 0.238 e. The quantitative estimate of drug-likeness (QED) is 0.594. The number of hydrogen-bond acceptors (Lipinski definition) is 3. The molecule has 0 saturated heterocycles. The van der Waals surface area contributed by atoms with Crippen molar-refractivity contribution in [3.8, 4) is 0 Å². The zero-order valence-electron chi connectivity index (χ0n) is 14.4. The fourth-order valence-corrected chi connectivity index (χ4v) is 3.44. The highest BCUT2D eigenvalue weighted by Gasteiger charge is 2.18. The van der Waals surface area contributed by atoms with Crippen LogP contribution in [0.2, 0.25) is 0 Å². The van der Waals surface area contributed by atoms with Crippen molar-refractivity contribution in [2.75, 3.05) is 11.9 Å². The Hall–Kier alpha value is -2.64. The van der Waals surface area contributed by atoms with Gasteiger partial charge >= 0.3 is 0 Å². The van der Waals surface area contributed by atoms with E-state index in [1.54, 1.807) is 11.3 Å². The third-order valence-electron chi connectivity index (χ3n) is 4.01. The highest BCUT2D eigenvalue weighted by Crippen LogP contribution is 2.26. The first-order chi connectivity index (χ1) is 13.0. The summed E-state index contributed by atoms with van der Waals surface area (Å²) in [6, 6.07) is 13.3. The molecule has 2 aromatic carbocycles. The molecule has 3 aromatic rings. The largest absolute Gasteiger partial charge is 0.322 e. The van der Waals surface area contributed by atoms with Gasteiger partial charge in [0.1, 0.15) is 0 Å². The molecule has 0 aliphatic rings. The molecular formula is C20H17F3N2OS. The first-order valence-electron chi connectivity index (χ1n) is 8.22. The van der Waals surface area contributed by atoms with Gasteiger partial charge in [0.25, 0.3) is 0 Å². The van der Waals surface area contributed by atoms with Crippen LogP contribution in [-0.2, 0) is 4.79 Å². The Bertz CT molecular complexity index is 927. The molecule has 27 heavy (non-hydrogen) atoms. The molecule has 1 aromatic heterocycles. The Morgan fingerprint density at radius 2 is 1.78 bits per heavy atom. The van der Waals surface area contributed by atoms with E-state index in [0.29, 0.717) is 0 Å². The van der Waals surface area contributed by atoms with Crippen LogP contribution in [0.1, 0.15) is 22.0 Å². The average Bonchev–Trinajstić information content (AvgIpc) is 3.18. The Balaban J connectivity index is 1.71. The van der Waals surface area contributed by atoms with Crippen LogP contribution >= 0.6 is 11.3 Å². The highest BCUT2D eigenvalue weighted by atomic mass is 32.1. The summed E-state index contributed by atoms with van der Waals surface area (Å²) in [5, 5.41) is 7.33. The maximum Gasteiger partial charge on any atom is 0.238 e. The minimum Gasteiger partial charge on any atom is -0.322 e. The topological polar surface area (TPSA) is 41.1 Å². The number of amides is 1. The van der Waals surface area contributed by atoms with Crippen LogP contribution in [0.25, 0.3) is 0 Å². The molecule has 0 spiro atoms. The van der Waals surface area contributed by atoms with E-state index in [2.05, 4.69) is 10.6 Å². The van der Waals surface area contributed by atoms with Crippen LogP contribution in [0, 0.1) is 24.4 Å². The molecule has 0 bridgehead atoms. The summed E-state index contributed by atoms with van der Waals surface area (Å²) in [5.41, 5.74) is 1.70. The van der Waals surface area contributed by atoms with Gasteiger partial charge in [-0.3, -0.25) is 10.1 Å². The first kappa shape index (κ1) is 19.1. The second kappa shape index (κ2) is 8.37. The van der Waals surface area contributed by atoms with E-state index in [-0.39, 0.29) is 12.6 Å². The first-order valence-corrected chi connectivity index (χ1v) is 9.10. The third kappa shape index (κ3) is 4.56. The summed E-state index contributed by atoms with van der Waals surface area (Å²) in [6.45, 7) is 1.86. The van der Waals surface area contributed by atoms with Gasteiger partial charge in [-0.25, -0.2) is 13.2 Å². The van der Waals surface area contributed by atoms with Crippen molar-refractivity contribution in [1.82, 2.24) is 5.32 Å². The molecule has 0 aliphatic carbocycles. The minimum absolute atomic E-state index is 0.130. The molecule has 1 amide bonds. The van der Waals surface area contributed by atoms with Crippen molar-refractivity contribution in [3.05, 3.63) is 87.4 Å². The number of carbonyl (C=O) groups is 1. The van der Waals surface area contributed by atoms with Crippen molar-refractivity contribution < 1.29 is 18.0 Å².